The van der Waals surface area contributed by atoms with Gasteiger partial charge in [0.05, 0.1) is 15.7 Å². The van der Waals surface area contributed by atoms with E-state index < -0.39 is 0 Å². The molecule has 1 aliphatic heterocycles. The summed E-state index contributed by atoms with van der Waals surface area (Å²) in [7, 11) is 0. The van der Waals surface area contributed by atoms with Crippen LogP contribution in [0.3, 0.4) is 0 Å². The Morgan fingerprint density at radius 1 is 1.33 bits per heavy atom. The molecule has 1 aliphatic rings. The van der Waals surface area contributed by atoms with Crippen molar-refractivity contribution in [3.8, 4) is 0 Å². The number of amides is 1. The van der Waals surface area contributed by atoms with Gasteiger partial charge in [-0.25, -0.2) is 4.98 Å². The molecule has 0 unspecified atom stereocenters. The van der Waals surface area contributed by atoms with Crippen LogP contribution in [0.4, 0.5) is 0 Å². The number of pyridine rings is 1. The number of rotatable bonds is 1. The van der Waals surface area contributed by atoms with Gasteiger partial charge < -0.3 is 10.2 Å². The maximum absolute atomic E-state index is 12.8. The first-order chi connectivity index (χ1) is 10.1. The minimum absolute atomic E-state index is 0.0259. The first-order valence-electron chi connectivity index (χ1n) is 6.91. The molecule has 0 saturated carbocycles. The molecule has 1 saturated heterocycles. The number of hydrogen-bond donors (Lipinski definition) is 1. The second-order valence-corrected chi connectivity index (χ2v) is 5.99. The van der Waals surface area contributed by atoms with Gasteiger partial charge in [-0.3, -0.25) is 9.20 Å². The van der Waals surface area contributed by atoms with Crippen LogP contribution >= 0.6 is 23.2 Å². The highest BCUT2D eigenvalue weighted by atomic mass is 35.5. The van der Waals surface area contributed by atoms with Crippen LogP contribution in [0.25, 0.3) is 5.65 Å². The van der Waals surface area contributed by atoms with E-state index in [9.17, 15) is 4.79 Å². The molecule has 3 heterocycles. The molecule has 0 radical (unpaired) electrons. The summed E-state index contributed by atoms with van der Waals surface area (Å²) in [6, 6.07) is 1.63. The molecule has 1 fully saturated rings. The lowest BCUT2D eigenvalue weighted by atomic mass is 10.3. The van der Waals surface area contributed by atoms with Crippen molar-refractivity contribution >= 4 is 34.8 Å². The molecule has 0 aliphatic carbocycles. The van der Waals surface area contributed by atoms with Crippen molar-refractivity contribution in [1.29, 1.82) is 0 Å². The lowest BCUT2D eigenvalue weighted by Gasteiger charge is -2.20. The Balaban J connectivity index is 2.06. The van der Waals surface area contributed by atoms with E-state index in [-0.39, 0.29) is 5.91 Å². The third kappa shape index (κ3) is 2.73. The van der Waals surface area contributed by atoms with Crippen LogP contribution in [-0.4, -0.2) is 46.4 Å². The summed E-state index contributed by atoms with van der Waals surface area (Å²) in [6.45, 7) is 5.00. The summed E-state index contributed by atoms with van der Waals surface area (Å²) in [6.07, 6.45) is 2.63. The van der Waals surface area contributed by atoms with Crippen LogP contribution in [0.1, 0.15) is 22.6 Å². The van der Waals surface area contributed by atoms with Crippen molar-refractivity contribution in [3.63, 3.8) is 0 Å². The van der Waals surface area contributed by atoms with Crippen LogP contribution in [0.15, 0.2) is 12.3 Å². The molecule has 3 rings (SSSR count). The highest BCUT2D eigenvalue weighted by Crippen LogP contribution is 2.25. The van der Waals surface area contributed by atoms with Gasteiger partial charge in [-0.1, -0.05) is 23.2 Å². The number of imidazole rings is 1. The van der Waals surface area contributed by atoms with E-state index in [1.165, 1.54) is 0 Å². The Morgan fingerprint density at radius 2 is 2.14 bits per heavy atom. The normalized spacial score (nSPS) is 16.2. The van der Waals surface area contributed by atoms with E-state index in [0.29, 0.717) is 33.6 Å². The number of nitrogens with one attached hydrogen (secondary N) is 1. The summed E-state index contributed by atoms with van der Waals surface area (Å²) in [5.74, 6) is -0.0259. The quantitative estimate of drug-likeness (QED) is 0.875. The largest absolute Gasteiger partial charge is 0.336 e. The highest BCUT2D eigenvalue weighted by molar-refractivity contribution is 6.36. The molecule has 0 spiro atoms. The topological polar surface area (TPSA) is 49.6 Å². The fourth-order valence-electron chi connectivity index (χ4n) is 2.64. The summed E-state index contributed by atoms with van der Waals surface area (Å²) >= 11 is 12.2. The standard InChI is InChI=1S/C14H16Cl2N4O/c1-9-12(14(21)19-5-2-3-17-4-6-19)20-8-10(15)7-11(16)13(20)18-9/h7-8,17H,2-6H2,1H3. The van der Waals surface area contributed by atoms with Gasteiger partial charge in [0, 0.05) is 25.8 Å². The van der Waals surface area contributed by atoms with Gasteiger partial charge in [0.2, 0.25) is 0 Å². The summed E-state index contributed by atoms with van der Waals surface area (Å²) < 4.78 is 1.70. The van der Waals surface area contributed by atoms with Crippen molar-refractivity contribution in [1.82, 2.24) is 19.6 Å². The molecule has 0 bridgehead atoms. The molecule has 5 nitrogen and oxygen atoms in total. The number of nitrogens with zero attached hydrogens (tertiary/aromatic N) is 3. The van der Waals surface area contributed by atoms with Crippen LogP contribution < -0.4 is 5.32 Å². The number of halogens is 2. The summed E-state index contributed by atoms with van der Waals surface area (Å²) in [5.41, 5.74) is 1.77. The number of fused-ring (bicyclic) bond motifs is 1. The molecule has 112 valence electrons. The molecule has 0 aromatic carbocycles. The third-order valence-electron chi connectivity index (χ3n) is 3.65. The average molecular weight is 327 g/mol. The van der Waals surface area contributed by atoms with Crippen molar-refractivity contribution in [2.45, 2.75) is 13.3 Å². The molecule has 1 amide bonds. The van der Waals surface area contributed by atoms with Crippen LogP contribution in [0.2, 0.25) is 10.0 Å². The Labute approximate surface area is 132 Å². The zero-order valence-corrected chi connectivity index (χ0v) is 13.2. The SMILES string of the molecule is Cc1nc2c(Cl)cc(Cl)cn2c1C(=O)N1CCCNCC1. The van der Waals surface area contributed by atoms with Gasteiger partial charge in [0.1, 0.15) is 5.69 Å². The van der Waals surface area contributed by atoms with Gasteiger partial charge in [-0.05, 0) is 26.0 Å². The van der Waals surface area contributed by atoms with Gasteiger partial charge in [0.25, 0.3) is 5.91 Å². The number of hydrogen-bond acceptors (Lipinski definition) is 3. The fraction of sp³-hybridized carbons (Fsp3) is 0.429. The number of aromatic nitrogens is 2. The number of carbonyl (C=O) groups is 1. The van der Waals surface area contributed by atoms with E-state index in [0.717, 1.165) is 26.1 Å². The Kier molecular flexibility index (Phi) is 4.06. The van der Waals surface area contributed by atoms with E-state index in [1.807, 2.05) is 11.8 Å². The van der Waals surface area contributed by atoms with Gasteiger partial charge in [-0.15, -0.1) is 0 Å². The molecule has 0 atom stereocenters. The summed E-state index contributed by atoms with van der Waals surface area (Å²) in [5, 5.41) is 4.22. The van der Waals surface area contributed by atoms with E-state index in [2.05, 4.69) is 10.3 Å². The molecule has 21 heavy (non-hydrogen) atoms. The maximum atomic E-state index is 12.8. The first kappa shape index (κ1) is 14.6. The lowest BCUT2D eigenvalue weighted by Crippen LogP contribution is -2.35. The van der Waals surface area contributed by atoms with Crippen molar-refractivity contribution in [2.24, 2.45) is 0 Å². The van der Waals surface area contributed by atoms with Gasteiger partial charge in [-0.2, -0.15) is 0 Å². The Bertz CT molecular complexity index is 690. The zero-order chi connectivity index (χ0) is 15.0. The molecule has 1 N–H and O–H groups in total. The minimum atomic E-state index is -0.0259. The second kappa shape index (κ2) is 5.83. The maximum Gasteiger partial charge on any atom is 0.272 e. The predicted molar refractivity (Wildman–Crippen MR) is 83.3 cm³/mol. The molecule has 2 aromatic rings. The van der Waals surface area contributed by atoms with Crippen molar-refractivity contribution in [3.05, 3.63) is 33.7 Å². The lowest BCUT2D eigenvalue weighted by molar-refractivity contribution is 0.0758. The average Bonchev–Trinajstić information content (AvgIpc) is 2.64. The van der Waals surface area contributed by atoms with Crippen LogP contribution in [-0.2, 0) is 0 Å². The Hall–Kier alpha value is -1.30. The zero-order valence-electron chi connectivity index (χ0n) is 11.7. The molecule has 7 heteroatoms. The van der Waals surface area contributed by atoms with Gasteiger partial charge in [0.15, 0.2) is 5.65 Å². The van der Waals surface area contributed by atoms with Crippen LogP contribution in [0.5, 0.6) is 0 Å². The second-order valence-electron chi connectivity index (χ2n) is 5.14. The molecular weight excluding hydrogens is 311 g/mol. The smallest absolute Gasteiger partial charge is 0.272 e. The fourth-order valence-corrected chi connectivity index (χ4v) is 3.16. The monoisotopic (exact) mass is 326 g/mol. The predicted octanol–water partition coefficient (Wildman–Crippen LogP) is 2.39. The number of aryl methyl sites for hydroxylation is 1. The van der Waals surface area contributed by atoms with E-state index >= 15 is 0 Å². The number of carbonyl (C=O) groups excluding carboxylic acids is 1. The van der Waals surface area contributed by atoms with Gasteiger partial charge >= 0.3 is 0 Å². The van der Waals surface area contributed by atoms with Crippen LogP contribution in [0, 0.1) is 6.92 Å². The minimum Gasteiger partial charge on any atom is -0.336 e. The van der Waals surface area contributed by atoms with E-state index in [1.54, 1.807) is 16.7 Å². The third-order valence-corrected chi connectivity index (χ3v) is 4.13. The summed E-state index contributed by atoms with van der Waals surface area (Å²) in [4.78, 5) is 19.1. The Morgan fingerprint density at radius 3 is 2.95 bits per heavy atom. The highest BCUT2D eigenvalue weighted by Gasteiger charge is 2.24. The first-order valence-corrected chi connectivity index (χ1v) is 7.67. The molecular formula is C14H16Cl2N4O. The molecule has 2 aromatic heterocycles. The van der Waals surface area contributed by atoms with E-state index in [4.69, 9.17) is 23.2 Å². The van der Waals surface area contributed by atoms with Crippen molar-refractivity contribution in [2.75, 3.05) is 26.2 Å². The van der Waals surface area contributed by atoms with Crippen molar-refractivity contribution < 1.29 is 4.79 Å².